The lowest BCUT2D eigenvalue weighted by molar-refractivity contribution is 0.294. The molecule has 2 N–H and O–H groups in total. The number of nitrogens with two attached hydrogens (primary N) is 1. The SMILES string of the molecule is CCCOc1ccc(CC(CN)c2nc(C)cs2)cc1OC. The van der Waals surface area contributed by atoms with Gasteiger partial charge in [-0.15, -0.1) is 11.3 Å². The molecule has 1 atom stereocenters. The van der Waals surface area contributed by atoms with E-state index in [9.17, 15) is 0 Å². The van der Waals surface area contributed by atoms with Crippen LogP contribution in [0.2, 0.25) is 0 Å². The Kier molecular flexibility index (Phi) is 6.21. The van der Waals surface area contributed by atoms with Crippen LogP contribution in [0.25, 0.3) is 0 Å². The van der Waals surface area contributed by atoms with E-state index >= 15 is 0 Å². The molecule has 120 valence electrons. The van der Waals surface area contributed by atoms with E-state index in [-0.39, 0.29) is 5.92 Å². The van der Waals surface area contributed by atoms with E-state index < -0.39 is 0 Å². The van der Waals surface area contributed by atoms with Crippen LogP contribution in [0.5, 0.6) is 11.5 Å². The van der Waals surface area contributed by atoms with E-state index in [2.05, 4.69) is 23.4 Å². The van der Waals surface area contributed by atoms with Gasteiger partial charge >= 0.3 is 0 Å². The van der Waals surface area contributed by atoms with Crippen LogP contribution in [-0.2, 0) is 6.42 Å². The number of hydrogen-bond acceptors (Lipinski definition) is 5. The summed E-state index contributed by atoms with van der Waals surface area (Å²) in [6.45, 7) is 5.38. The van der Waals surface area contributed by atoms with E-state index in [1.807, 2.05) is 19.1 Å². The summed E-state index contributed by atoms with van der Waals surface area (Å²) in [5.41, 5.74) is 8.18. The van der Waals surface area contributed by atoms with Crippen molar-refractivity contribution in [1.82, 2.24) is 4.98 Å². The number of nitrogens with zero attached hydrogens (tertiary/aromatic N) is 1. The Labute approximate surface area is 136 Å². The van der Waals surface area contributed by atoms with Gasteiger partial charge in [0.25, 0.3) is 0 Å². The van der Waals surface area contributed by atoms with Crippen molar-refractivity contribution in [2.75, 3.05) is 20.3 Å². The Morgan fingerprint density at radius 2 is 2.14 bits per heavy atom. The van der Waals surface area contributed by atoms with Gasteiger partial charge in [-0.05, 0) is 37.5 Å². The molecule has 1 aromatic carbocycles. The quantitative estimate of drug-likeness (QED) is 0.808. The molecule has 0 saturated carbocycles. The molecule has 0 aliphatic rings. The lowest BCUT2D eigenvalue weighted by Gasteiger charge is -2.15. The Morgan fingerprint density at radius 1 is 1.32 bits per heavy atom. The molecule has 2 aromatic rings. The van der Waals surface area contributed by atoms with Gasteiger partial charge in [-0.25, -0.2) is 4.98 Å². The lowest BCUT2D eigenvalue weighted by atomic mass is 9.99. The van der Waals surface area contributed by atoms with Gasteiger partial charge < -0.3 is 15.2 Å². The van der Waals surface area contributed by atoms with E-state index in [0.29, 0.717) is 13.2 Å². The summed E-state index contributed by atoms with van der Waals surface area (Å²) in [5.74, 6) is 1.81. The molecule has 0 aliphatic heterocycles. The van der Waals surface area contributed by atoms with Crippen molar-refractivity contribution in [2.45, 2.75) is 32.6 Å². The minimum atomic E-state index is 0.241. The van der Waals surface area contributed by atoms with Crippen molar-refractivity contribution in [3.63, 3.8) is 0 Å². The molecule has 0 amide bonds. The third-order valence-electron chi connectivity index (χ3n) is 3.44. The summed E-state index contributed by atoms with van der Waals surface area (Å²) < 4.78 is 11.1. The fraction of sp³-hybridized carbons (Fsp3) is 0.471. The van der Waals surface area contributed by atoms with Gasteiger partial charge in [0.15, 0.2) is 11.5 Å². The van der Waals surface area contributed by atoms with Crippen LogP contribution >= 0.6 is 11.3 Å². The average Bonchev–Trinajstić information content (AvgIpc) is 2.97. The molecule has 0 spiro atoms. The molecule has 0 fully saturated rings. The Balaban J connectivity index is 2.14. The Bertz CT molecular complexity index is 598. The van der Waals surface area contributed by atoms with E-state index in [1.165, 1.54) is 5.56 Å². The standard InChI is InChI=1S/C17H24N2O2S/c1-4-7-21-15-6-5-13(9-16(15)20-3)8-14(10-18)17-19-12(2)11-22-17/h5-6,9,11,14H,4,7-8,10,18H2,1-3H3. The molecule has 1 heterocycles. The average molecular weight is 320 g/mol. The summed E-state index contributed by atoms with van der Waals surface area (Å²) in [7, 11) is 1.67. The lowest BCUT2D eigenvalue weighted by Crippen LogP contribution is -2.15. The van der Waals surface area contributed by atoms with Gasteiger partial charge in [0.05, 0.1) is 18.7 Å². The molecule has 4 nitrogen and oxygen atoms in total. The first-order valence-corrected chi connectivity index (χ1v) is 8.47. The maximum atomic E-state index is 5.94. The summed E-state index contributed by atoms with van der Waals surface area (Å²) in [6.07, 6.45) is 1.83. The predicted octanol–water partition coefficient (Wildman–Crippen LogP) is 3.53. The van der Waals surface area contributed by atoms with Gasteiger partial charge in [-0.1, -0.05) is 13.0 Å². The number of aromatic nitrogens is 1. The van der Waals surface area contributed by atoms with Crippen molar-refractivity contribution >= 4 is 11.3 Å². The number of aryl methyl sites for hydroxylation is 1. The molecule has 1 unspecified atom stereocenters. The molecule has 0 saturated heterocycles. The third-order valence-corrected chi connectivity index (χ3v) is 4.57. The second-order valence-electron chi connectivity index (χ2n) is 5.30. The van der Waals surface area contributed by atoms with Gasteiger partial charge in [0, 0.05) is 23.5 Å². The molecule has 22 heavy (non-hydrogen) atoms. The fourth-order valence-electron chi connectivity index (χ4n) is 2.29. The zero-order chi connectivity index (χ0) is 15.9. The summed E-state index contributed by atoms with van der Waals surface area (Å²) in [4.78, 5) is 4.56. The summed E-state index contributed by atoms with van der Waals surface area (Å²) in [5, 5.41) is 3.17. The van der Waals surface area contributed by atoms with Gasteiger partial charge in [-0.3, -0.25) is 0 Å². The predicted molar refractivity (Wildman–Crippen MR) is 91.1 cm³/mol. The number of ether oxygens (including phenoxy) is 2. The molecule has 2 rings (SSSR count). The Morgan fingerprint density at radius 3 is 2.73 bits per heavy atom. The summed E-state index contributed by atoms with van der Waals surface area (Å²) >= 11 is 1.68. The van der Waals surface area contributed by atoms with Gasteiger partial charge in [0.1, 0.15) is 0 Å². The highest BCUT2D eigenvalue weighted by Crippen LogP contribution is 2.31. The highest BCUT2D eigenvalue weighted by atomic mass is 32.1. The van der Waals surface area contributed by atoms with Gasteiger partial charge in [-0.2, -0.15) is 0 Å². The second-order valence-corrected chi connectivity index (χ2v) is 6.19. The molecule has 1 aromatic heterocycles. The van der Waals surface area contributed by atoms with Crippen molar-refractivity contribution in [2.24, 2.45) is 5.73 Å². The largest absolute Gasteiger partial charge is 0.493 e. The Hall–Kier alpha value is -1.59. The highest BCUT2D eigenvalue weighted by molar-refractivity contribution is 7.09. The van der Waals surface area contributed by atoms with Crippen LogP contribution < -0.4 is 15.2 Å². The summed E-state index contributed by atoms with van der Waals surface area (Å²) in [6, 6.07) is 6.09. The highest BCUT2D eigenvalue weighted by Gasteiger charge is 2.15. The molecular weight excluding hydrogens is 296 g/mol. The topological polar surface area (TPSA) is 57.4 Å². The zero-order valence-electron chi connectivity index (χ0n) is 13.5. The van der Waals surface area contributed by atoms with E-state index in [0.717, 1.165) is 35.0 Å². The number of rotatable bonds is 8. The zero-order valence-corrected chi connectivity index (χ0v) is 14.3. The maximum absolute atomic E-state index is 5.94. The molecule has 0 radical (unpaired) electrons. The fourth-order valence-corrected chi connectivity index (χ4v) is 3.20. The van der Waals surface area contributed by atoms with Crippen molar-refractivity contribution < 1.29 is 9.47 Å². The molecule has 0 bridgehead atoms. The van der Waals surface area contributed by atoms with E-state index in [1.54, 1.807) is 18.4 Å². The van der Waals surface area contributed by atoms with Crippen molar-refractivity contribution in [3.05, 3.63) is 39.8 Å². The second kappa shape index (κ2) is 8.15. The van der Waals surface area contributed by atoms with Gasteiger partial charge in [0.2, 0.25) is 0 Å². The van der Waals surface area contributed by atoms with E-state index in [4.69, 9.17) is 15.2 Å². The van der Waals surface area contributed by atoms with Crippen LogP contribution in [0.1, 0.15) is 35.5 Å². The first-order chi connectivity index (χ1) is 10.7. The van der Waals surface area contributed by atoms with Crippen LogP contribution in [0.3, 0.4) is 0 Å². The monoisotopic (exact) mass is 320 g/mol. The maximum Gasteiger partial charge on any atom is 0.161 e. The van der Waals surface area contributed by atoms with Crippen LogP contribution in [0, 0.1) is 6.92 Å². The number of benzene rings is 1. The molecule has 0 aliphatic carbocycles. The molecule has 5 heteroatoms. The minimum absolute atomic E-state index is 0.241. The first-order valence-electron chi connectivity index (χ1n) is 7.59. The minimum Gasteiger partial charge on any atom is -0.493 e. The number of methoxy groups -OCH3 is 1. The third kappa shape index (κ3) is 4.21. The van der Waals surface area contributed by atoms with Crippen molar-refractivity contribution in [1.29, 1.82) is 0 Å². The smallest absolute Gasteiger partial charge is 0.161 e. The first kappa shape index (κ1) is 16.8. The van der Waals surface area contributed by atoms with Crippen LogP contribution in [0.15, 0.2) is 23.6 Å². The van der Waals surface area contributed by atoms with Crippen molar-refractivity contribution in [3.8, 4) is 11.5 Å². The normalized spacial score (nSPS) is 12.2. The number of hydrogen-bond donors (Lipinski definition) is 1. The molecular formula is C17H24N2O2S. The van der Waals surface area contributed by atoms with Crippen LogP contribution in [-0.4, -0.2) is 25.2 Å². The van der Waals surface area contributed by atoms with Crippen LogP contribution in [0.4, 0.5) is 0 Å². The number of thiazole rings is 1.